The molecule has 0 aromatic carbocycles. The van der Waals surface area contributed by atoms with Crippen LogP contribution in [0.2, 0.25) is 0 Å². The summed E-state index contributed by atoms with van der Waals surface area (Å²) in [5.74, 6) is -0.119. The molecule has 1 unspecified atom stereocenters. The Kier molecular flexibility index (Phi) is 2.90. The van der Waals surface area contributed by atoms with Crippen LogP contribution in [0.4, 0.5) is 5.82 Å². The second kappa shape index (κ2) is 4.18. The number of aromatic nitrogens is 1. The van der Waals surface area contributed by atoms with Gasteiger partial charge >= 0.3 is 5.97 Å². The van der Waals surface area contributed by atoms with Gasteiger partial charge in [0.1, 0.15) is 5.82 Å². The van der Waals surface area contributed by atoms with Crippen molar-refractivity contribution in [1.29, 1.82) is 0 Å². The number of carboxylic acids is 1. The smallest absolute Gasteiger partial charge is 0.308 e. The minimum atomic E-state index is -0.713. The number of anilines is 1. The maximum atomic E-state index is 10.8. The van der Waals surface area contributed by atoms with Gasteiger partial charge < -0.3 is 10.0 Å². The van der Waals surface area contributed by atoms with Gasteiger partial charge in [-0.15, -0.1) is 0 Å². The Bertz CT molecular complexity index is 366. The first-order chi connectivity index (χ1) is 7.16. The van der Waals surface area contributed by atoms with Crippen molar-refractivity contribution in [3.05, 3.63) is 22.8 Å². The van der Waals surface area contributed by atoms with E-state index in [0.717, 1.165) is 16.8 Å². The van der Waals surface area contributed by atoms with E-state index in [1.54, 1.807) is 6.20 Å². The van der Waals surface area contributed by atoms with E-state index in [-0.39, 0.29) is 5.92 Å². The summed E-state index contributed by atoms with van der Waals surface area (Å²) < 4.78 is 0.931. The first kappa shape index (κ1) is 10.4. The minimum Gasteiger partial charge on any atom is -0.481 e. The first-order valence-electron chi connectivity index (χ1n) is 4.76. The van der Waals surface area contributed by atoms with E-state index in [1.807, 2.05) is 17.0 Å². The Hall–Kier alpha value is -1.10. The van der Waals surface area contributed by atoms with Crippen LogP contribution in [0, 0.1) is 5.92 Å². The molecule has 1 aromatic rings. The number of aliphatic carboxylic acids is 1. The summed E-state index contributed by atoms with van der Waals surface area (Å²) >= 11 is 3.31. The average Bonchev–Trinajstić information content (AvgIpc) is 2.68. The second-order valence-electron chi connectivity index (χ2n) is 3.60. The van der Waals surface area contributed by atoms with Crippen LogP contribution in [0.15, 0.2) is 22.8 Å². The molecule has 1 aliphatic rings. The van der Waals surface area contributed by atoms with Gasteiger partial charge in [0.15, 0.2) is 0 Å². The molecule has 1 aromatic heterocycles. The van der Waals surface area contributed by atoms with Crippen LogP contribution in [-0.4, -0.2) is 29.1 Å². The van der Waals surface area contributed by atoms with Crippen molar-refractivity contribution in [2.75, 3.05) is 18.0 Å². The van der Waals surface area contributed by atoms with Crippen molar-refractivity contribution in [2.24, 2.45) is 5.92 Å². The fraction of sp³-hybridized carbons (Fsp3) is 0.400. The van der Waals surface area contributed by atoms with Gasteiger partial charge in [-0.2, -0.15) is 0 Å². The van der Waals surface area contributed by atoms with Crippen molar-refractivity contribution in [2.45, 2.75) is 6.42 Å². The fourth-order valence-electron chi connectivity index (χ4n) is 1.72. The molecular weight excluding hydrogens is 260 g/mol. The van der Waals surface area contributed by atoms with E-state index in [2.05, 4.69) is 20.9 Å². The Morgan fingerprint density at radius 3 is 2.93 bits per heavy atom. The quantitative estimate of drug-likeness (QED) is 0.890. The molecule has 0 amide bonds. The molecule has 4 nitrogen and oxygen atoms in total. The zero-order valence-corrected chi connectivity index (χ0v) is 9.64. The van der Waals surface area contributed by atoms with E-state index >= 15 is 0 Å². The lowest BCUT2D eigenvalue weighted by molar-refractivity contribution is -0.140. The number of carboxylic acid groups (broad SMARTS) is 1. The van der Waals surface area contributed by atoms with Crippen LogP contribution in [0.5, 0.6) is 0 Å². The van der Waals surface area contributed by atoms with E-state index in [4.69, 9.17) is 5.11 Å². The molecule has 1 atom stereocenters. The molecule has 2 heterocycles. The summed E-state index contributed by atoms with van der Waals surface area (Å²) in [6.07, 6.45) is 2.43. The zero-order valence-electron chi connectivity index (χ0n) is 8.06. The summed E-state index contributed by atoms with van der Waals surface area (Å²) in [7, 11) is 0. The topological polar surface area (TPSA) is 53.4 Å². The van der Waals surface area contributed by atoms with Gasteiger partial charge in [-0.3, -0.25) is 4.79 Å². The Balaban J connectivity index is 2.07. The third kappa shape index (κ3) is 2.28. The molecule has 0 bridgehead atoms. The predicted octanol–water partition coefficient (Wildman–Crippen LogP) is 1.75. The molecular formula is C10H11BrN2O2. The van der Waals surface area contributed by atoms with E-state index in [1.165, 1.54) is 0 Å². The van der Waals surface area contributed by atoms with Crippen LogP contribution in [-0.2, 0) is 4.79 Å². The number of carbonyl (C=O) groups is 1. The van der Waals surface area contributed by atoms with Crippen molar-refractivity contribution < 1.29 is 9.90 Å². The highest BCUT2D eigenvalue weighted by Gasteiger charge is 2.28. The molecule has 0 saturated carbocycles. The summed E-state index contributed by atoms with van der Waals surface area (Å²) in [5, 5.41) is 8.87. The molecule has 0 radical (unpaired) electrons. The predicted molar refractivity (Wildman–Crippen MR) is 59.9 cm³/mol. The van der Waals surface area contributed by atoms with Crippen molar-refractivity contribution >= 4 is 27.7 Å². The highest BCUT2D eigenvalue weighted by molar-refractivity contribution is 9.10. The molecule has 1 aliphatic heterocycles. The summed E-state index contributed by atoms with van der Waals surface area (Å²) in [6.45, 7) is 1.33. The second-order valence-corrected chi connectivity index (χ2v) is 4.52. The number of hydrogen-bond acceptors (Lipinski definition) is 3. The van der Waals surface area contributed by atoms with E-state index < -0.39 is 5.97 Å². The van der Waals surface area contributed by atoms with Gasteiger partial charge in [-0.05, 0) is 34.5 Å². The minimum absolute atomic E-state index is 0.254. The van der Waals surface area contributed by atoms with Crippen LogP contribution in [0.25, 0.3) is 0 Å². The molecule has 1 N–H and O–H groups in total. The summed E-state index contributed by atoms with van der Waals surface area (Å²) in [6, 6.07) is 3.81. The number of hydrogen-bond donors (Lipinski definition) is 1. The highest BCUT2D eigenvalue weighted by atomic mass is 79.9. The highest BCUT2D eigenvalue weighted by Crippen LogP contribution is 2.23. The Labute approximate surface area is 96.1 Å². The van der Waals surface area contributed by atoms with Crippen LogP contribution in [0.3, 0.4) is 0 Å². The average molecular weight is 271 g/mol. The maximum Gasteiger partial charge on any atom is 0.308 e. The molecule has 1 saturated heterocycles. The SMILES string of the molecule is O=C(O)C1CCN(c2ccc(Br)cn2)C1. The number of rotatable bonds is 2. The number of nitrogens with zero attached hydrogens (tertiary/aromatic N) is 2. The third-order valence-corrected chi connectivity index (χ3v) is 3.04. The molecule has 0 spiro atoms. The molecule has 80 valence electrons. The molecule has 5 heteroatoms. The van der Waals surface area contributed by atoms with Crippen LogP contribution in [0.1, 0.15) is 6.42 Å². The molecule has 2 rings (SSSR count). The molecule has 1 fully saturated rings. The third-order valence-electron chi connectivity index (χ3n) is 2.57. The van der Waals surface area contributed by atoms with Crippen molar-refractivity contribution in [3.8, 4) is 0 Å². The maximum absolute atomic E-state index is 10.8. The lowest BCUT2D eigenvalue weighted by Gasteiger charge is -2.16. The Morgan fingerprint density at radius 1 is 1.60 bits per heavy atom. The number of halogens is 1. The van der Waals surface area contributed by atoms with Crippen molar-refractivity contribution in [3.63, 3.8) is 0 Å². The lowest BCUT2D eigenvalue weighted by Crippen LogP contribution is -2.23. The molecule has 0 aliphatic carbocycles. The van der Waals surface area contributed by atoms with E-state index in [0.29, 0.717) is 13.0 Å². The van der Waals surface area contributed by atoms with E-state index in [9.17, 15) is 4.79 Å². The summed E-state index contributed by atoms with van der Waals surface area (Å²) in [4.78, 5) is 17.0. The zero-order chi connectivity index (χ0) is 10.8. The van der Waals surface area contributed by atoms with Gasteiger partial charge in [0.25, 0.3) is 0 Å². The van der Waals surface area contributed by atoms with Gasteiger partial charge in [0.2, 0.25) is 0 Å². The molecule has 15 heavy (non-hydrogen) atoms. The standard InChI is InChI=1S/C10H11BrN2O2/c11-8-1-2-9(12-5-8)13-4-3-7(6-13)10(14)15/h1-2,5,7H,3-4,6H2,(H,14,15). The lowest BCUT2D eigenvalue weighted by atomic mass is 10.1. The number of pyridine rings is 1. The van der Waals surface area contributed by atoms with Gasteiger partial charge in [0.05, 0.1) is 5.92 Å². The van der Waals surface area contributed by atoms with Gasteiger partial charge in [0, 0.05) is 23.8 Å². The summed E-state index contributed by atoms with van der Waals surface area (Å²) in [5.41, 5.74) is 0. The monoisotopic (exact) mass is 270 g/mol. The van der Waals surface area contributed by atoms with Gasteiger partial charge in [-0.25, -0.2) is 4.98 Å². The van der Waals surface area contributed by atoms with Crippen LogP contribution < -0.4 is 4.90 Å². The Morgan fingerprint density at radius 2 is 2.40 bits per heavy atom. The largest absolute Gasteiger partial charge is 0.481 e. The van der Waals surface area contributed by atoms with Crippen molar-refractivity contribution in [1.82, 2.24) is 4.98 Å². The van der Waals surface area contributed by atoms with Crippen LogP contribution >= 0.6 is 15.9 Å². The van der Waals surface area contributed by atoms with Gasteiger partial charge in [-0.1, -0.05) is 0 Å². The fourth-order valence-corrected chi connectivity index (χ4v) is 1.96. The first-order valence-corrected chi connectivity index (χ1v) is 5.55. The normalized spacial score (nSPS) is 20.6.